The molecule has 1 aliphatic rings. The van der Waals surface area contributed by atoms with E-state index in [2.05, 4.69) is 43.0 Å². The fourth-order valence-corrected chi connectivity index (χ4v) is 5.55. The Bertz CT molecular complexity index is 433. The summed E-state index contributed by atoms with van der Waals surface area (Å²) in [5.74, 6) is 0. The molecule has 0 aromatic heterocycles. The average molecular weight is 477 g/mol. The second-order valence-electron chi connectivity index (χ2n) is 11.1. The van der Waals surface area contributed by atoms with Gasteiger partial charge in [0.15, 0.2) is 0 Å². The number of unbranched alkanes of at least 4 members (excludes halogenated alkanes) is 20. The van der Waals surface area contributed by atoms with Gasteiger partial charge in [0.1, 0.15) is 6.17 Å². The van der Waals surface area contributed by atoms with E-state index in [0.29, 0.717) is 6.17 Å². The van der Waals surface area contributed by atoms with E-state index < -0.39 is 0 Å². The first-order valence-corrected chi connectivity index (χ1v) is 16.0. The zero-order chi connectivity index (χ0) is 24.5. The van der Waals surface area contributed by atoms with Crippen molar-refractivity contribution in [1.29, 1.82) is 0 Å². The van der Waals surface area contributed by atoms with E-state index in [4.69, 9.17) is 0 Å². The quantitative estimate of drug-likeness (QED) is 0.114. The molecular formula is C32H64N2. The van der Waals surface area contributed by atoms with Crippen molar-refractivity contribution in [2.45, 2.75) is 181 Å². The van der Waals surface area contributed by atoms with Crippen molar-refractivity contribution < 1.29 is 0 Å². The first-order valence-electron chi connectivity index (χ1n) is 16.0. The molecule has 0 fully saturated rings. The minimum absolute atomic E-state index is 0.641. The fourth-order valence-electron chi connectivity index (χ4n) is 5.55. The molecule has 0 bridgehead atoms. The van der Waals surface area contributed by atoms with Crippen LogP contribution in [0.1, 0.15) is 175 Å². The SMILES string of the molecule is CCCCCCCCCCCCCCCCCCN1C=CN(CCC)C1CCCCCCCC. The van der Waals surface area contributed by atoms with E-state index in [-0.39, 0.29) is 0 Å². The Morgan fingerprint density at radius 1 is 0.382 bits per heavy atom. The third-order valence-electron chi connectivity index (χ3n) is 7.78. The third kappa shape index (κ3) is 16.9. The minimum atomic E-state index is 0.641. The van der Waals surface area contributed by atoms with Crippen LogP contribution in [0.5, 0.6) is 0 Å². The summed E-state index contributed by atoms with van der Waals surface area (Å²) in [6.07, 6.45) is 39.7. The Labute approximate surface area is 216 Å². The molecule has 0 spiro atoms. The van der Waals surface area contributed by atoms with Gasteiger partial charge in [0.2, 0.25) is 0 Å². The van der Waals surface area contributed by atoms with Crippen molar-refractivity contribution in [3.8, 4) is 0 Å². The molecule has 1 rings (SSSR count). The highest BCUT2D eigenvalue weighted by Gasteiger charge is 2.24. The van der Waals surface area contributed by atoms with Crippen molar-refractivity contribution in [2.24, 2.45) is 0 Å². The summed E-state index contributed by atoms with van der Waals surface area (Å²) in [5.41, 5.74) is 0. The van der Waals surface area contributed by atoms with Gasteiger partial charge in [-0.1, -0.05) is 149 Å². The Kier molecular flexibility index (Phi) is 22.2. The fraction of sp³-hybridized carbons (Fsp3) is 0.938. The van der Waals surface area contributed by atoms with E-state index in [1.165, 1.54) is 167 Å². The maximum Gasteiger partial charge on any atom is 0.101 e. The number of hydrogen-bond donors (Lipinski definition) is 0. The molecule has 0 aliphatic carbocycles. The lowest BCUT2D eigenvalue weighted by atomic mass is 10.0. The molecular weight excluding hydrogens is 412 g/mol. The van der Waals surface area contributed by atoms with Gasteiger partial charge in [0.25, 0.3) is 0 Å². The first kappa shape index (κ1) is 31.4. The van der Waals surface area contributed by atoms with Gasteiger partial charge in [0.05, 0.1) is 0 Å². The standard InChI is InChI=1S/C32H64N2/c1-4-7-9-11-13-14-15-16-17-18-19-20-21-22-24-26-29-34-31-30-33(28-6-3)32(34)27-25-23-12-10-8-5-2/h30-32H,4-29H2,1-3H3. The van der Waals surface area contributed by atoms with E-state index in [9.17, 15) is 0 Å². The van der Waals surface area contributed by atoms with Gasteiger partial charge in [-0.15, -0.1) is 0 Å². The van der Waals surface area contributed by atoms with E-state index in [1.54, 1.807) is 0 Å². The van der Waals surface area contributed by atoms with Gasteiger partial charge >= 0.3 is 0 Å². The normalized spacial score (nSPS) is 15.7. The molecule has 1 atom stereocenters. The van der Waals surface area contributed by atoms with Crippen molar-refractivity contribution in [1.82, 2.24) is 9.80 Å². The molecule has 1 heterocycles. The Morgan fingerprint density at radius 3 is 1.15 bits per heavy atom. The van der Waals surface area contributed by atoms with Crippen LogP contribution in [0.2, 0.25) is 0 Å². The van der Waals surface area contributed by atoms with Gasteiger partial charge in [-0.3, -0.25) is 0 Å². The lowest BCUT2D eigenvalue weighted by Gasteiger charge is -2.33. The van der Waals surface area contributed by atoms with E-state index in [1.807, 2.05) is 0 Å². The van der Waals surface area contributed by atoms with E-state index >= 15 is 0 Å². The largest absolute Gasteiger partial charge is 0.356 e. The second kappa shape index (κ2) is 24.1. The van der Waals surface area contributed by atoms with Crippen LogP contribution in [0.4, 0.5) is 0 Å². The summed E-state index contributed by atoms with van der Waals surface area (Å²) >= 11 is 0. The Morgan fingerprint density at radius 2 is 0.735 bits per heavy atom. The highest BCUT2D eigenvalue weighted by Crippen LogP contribution is 2.23. The number of nitrogens with zero attached hydrogens (tertiary/aromatic N) is 2. The third-order valence-corrected chi connectivity index (χ3v) is 7.78. The molecule has 0 saturated carbocycles. The lowest BCUT2D eigenvalue weighted by molar-refractivity contribution is 0.137. The molecule has 2 heteroatoms. The van der Waals surface area contributed by atoms with Crippen LogP contribution in [-0.2, 0) is 0 Å². The van der Waals surface area contributed by atoms with Crippen LogP contribution < -0.4 is 0 Å². The minimum Gasteiger partial charge on any atom is -0.356 e. The monoisotopic (exact) mass is 477 g/mol. The zero-order valence-electron chi connectivity index (χ0n) is 24.0. The Hall–Kier alpha value is -0.660. The van der Waals surface area contributed by atoms with Crippen molar-refractivity contribution >= 4 is 0 Å². The highest BCUT2D eigenvalue weighted by atomic mass is 15.4. The van der Waals surface area contributed by atoms with Gasteiger partial charge in [-0.05, 0) is 25.7 Å². The zero-order valence-corrected chi connectivity index (χ0v) is 24.0. The topological polar surface area (TPSA) is 6.48 Å². The molecule has 1 unspecified atom stereocenters. The van der Waals surface area contributed by atoms with Crippen molar-refractivity contribution in [2.75, 3.05) is 13.1 Å². The molecule has 0 aromatic carbocycles. The summed E-state index contributed by atoms with van der Waals surface area (Å²) in [6, 6.07) is 0. The first-order chi connectivity index (χ1) is 16.8. The smallest absolute Gasteiger partial charge is 0.101 e. The van der Waals surface area contributed by atoms with Gasteiger partial charge in [-0.25, -0.2) is 0 Å². The molecule has 0 radical (unpaired) electrons. The van der Waals surface area contributed by atoms with Crippen LogP contribution in [0.25, 0.3) is 0 Å². The highest BCUT2D eigenvalue weighted by molar-refractivity contribution is 4.96. The van der Waals surface area contributed by atoms with Crippen LogP contribution in [0.3, 0.4) is 0 Å². The summed E-state index contributed by atoms with van der Waals surface area (Å²) in [6.45, 7) is 9.40. The molecule has 1 aliphatic heterocycles. The Balaban J connectivity index is 1.97. The molecule has 202 valence electrons. The summed E-state index contributed by atoms with van der Waals surface area (Å²) in [7, 11) is 0. The molecule has 0 N–H and O–H groups in total. The van der Waals surface area contributed by atoms with E-state index in [0.717, 1.165) is 0 Å². The van der Waals surface area contributed by atoms with Crippen molar-refractivity contribution in [3.05, 3.63) is 12.4 Å². The number of hydrogen-bond acceptors (Lipinski definition) is 2. The van der Waals surface area contributed by atoms with Crippen LogP contribution >= 0.6 is 0 Å². The van der Waals surface area contributed by atoms with Crippen LogP contribution in [0.15, 0.2) is 12.4 Å². The molecule has 0 saturated heterocycles. The average Bonchev–Trinajstić information content (AvgIpc) is 3.22. The summed E-state index contributed by atoms with van der Waals surface area (Å²) in [4.78, 5) is 5.27. The maximum atomic E-state index is 2.66. The predicted molar refractivity (Wildman–Crippen MR) is 154 cm³/mol. The molecule has 2 nitrogen and oxygen atoms in total. The van der Waals surface area contributed by atoms with Gasteiger partial charge < -0.3 is 9.80 Å². The second-order valence-corrected chi connectivity index (χ2v) is 11.1. The lowest BCUT2D eigenvalue weighted by Crippen LogP contribution is -2.39. The maximum absolute atomic E-state index is 2.66. The molecule has 0 aromatic rings. The van der Waals surface area contributed by atoms with Gasteiger partial charge in [0, 0.05) is 25.5 Å². The van der Waals surface area contributed by atoms with Gasteiger partial charge in [-0.2, -0.15) is 0 Å². The predicted octanol–water partition coefficient (Wildman–Crippen LogP) is 10.8. The molecule has 34 heavy (non-hydrogen) atoms. The number of rotatable bonds is 26. The van der Waals surface area contributed by atoms with Crippen LogP contribution in [-0.4, -0.2) is 29.1 Å². The summed E-state index contributed by atoms with van der Waals surface area (Å²) in [5, 5.41) is 0. The molecule has 0 amide bonds. The van der Waals surface area contributed by atoms with Crippen LogP contribution in [0, 0.1) is 0 Å². The van der Waals surface area contributed by atoms with Crippen molar-refractivity contribution in [3.63, 3.8) is 0 Å². The summed E-state index contributed by atoms with van der Waals surface area (Å²) < 4.78 is 0.